The fourth-order valence-electron chi connectivity index (χ4n) is 3.48. The second kappa shape index (κ2) is 5.85. The van der Waals surface area contributed by atoms with Crippen molar-refractivity contribution in [3.63, 3.8) is 0 Å². The van der Waals surface area contributed by atoms with E-state index in [1.165, 1.54) is 28.3 Å². The highest BCUT2D eigenvalue weighted by atomic mass is 32.1. The minimum absolute atomic E-state index is 0.203. The van der Waals surface area contributed by atoms with Gasteiger partial charge in [0, 0.05) is 20.3 Å². The van der Waals surface area contributed by atoms with Crippen LogP contribution in [-0.4, -0.2) is 28.6 Å². The van der Waals surface area contributed by atoms with E-state index in [2.05, 4.69) is 9.97 Å². The molecule has 3 heterocycles. The van der Waals surface area contributed by atoms with E-state index < -0.39 is 0 Å². The molecule has 1 saturated carbocycles. The van der Waals surface area contributed by atoms with E-state index in [0.717, 1.165) is 34.3 Å². The standard InChI is InChI=1S/C20H17FN4OS/c1-24(2)15-7-8-22-19-16(15)17-18(27-19)20(26)25(10-23-17)12-5-6-13(11-3-4-11)14(21)9-12/h5-11H,3-4H2,1-2H3. The number of anilines is 1. The molecule has 0 saturated heterocycles. The maximum atomic E-state index is 14.4. The van der Waals surface area contributed by atoms with Gasteiger partial charge in [-0.3, -0.25) is 9.36 Å². The van der Waals surface area contributed by atoms with Crippen LogP contribution < -0.4 is 10.5 Å². The lowest BCUT2D eigenvalue weighted by Crippen LogP contribution is -2.18. The average Bonchev–Trinajstić information content (AvgIpc) is 3.41. The van der Waals surface area contributed by atoms with Gasteiger partial charge in [0.05, 0.1) is 22.3 Å². The van der Waals surface area contributed by atoms with Gasteiger partial charge in [-0.2, -0.15) is 0 Å². The molecule has 0 unspecified atom stereocenters. The number of rotatable bonds is 3. The van der Waals surface area contributed by atoms with Crippen molar-refractivity contribution in [2.45, 2.75) is 18.8 Å². The summed E-state index contributed by atoms with van der Waals surface area (Å²) >= 11 is 1.32. The molecule has 0 atom stereocenters. The molecular formula is C20H17FN4OS. The average molecular weight is 380 g/mol. The molecule has 0 N–H and O–H groups in total. The van der Waals surface area contributed by atoms with Crippen LogP contribution in [0.2, 0.25) is 0 Å². The smallest absolute Gasteiger partial charge is 0.275 e. The maximum Gasteiger partial charge on any atom is 0.275 e. The highest BCUT2D eigenvalue weighted by Crippen LogP contribution is 2.41. The zero-order valence-electron chi connectivity index (χ0n) is 14.9. The molecule has 0 aliphatic heterocycles. The Balaban J connectivity index is 1.72. The molecular weight excluding hydrogens is 363 g/mol. The summed E-state index contributed by atoms with van der Waals surface area (Å²) in [6.07, 6.45) is 5.28. The fourth-order valence-corrected chi connectivity index (χ4v) is 4.53. The van der Waals surface area contributed by atoms with Crippen LogP contribution in [0.15, 0.2) is 41.6 Å². The number of hydrogen-bond acceptors (Lipinski definition) is 5. The molecule has 5 nitrogen and oxygen atoms in total. The van der Waals surface area contributed by atoms with Crippen molar-refractivity contribution in [2.75, 3.05) is 19.0 Å². The first kappa shape index (κ1) is 16.4. The Bertz CT molecular complexity index is 1260. The Kier molecular flexibility index (Phi) is 3.55. The summed E-state index contributed by atoms with van der Waals surface area (Å²) in [5.41, 5.74) is 2.64. The third-order valence-electron chi connectivity index (χ3n) is 5.02. The first-order chi connectivity index (χ1) is 13.0. The molecule has 1 aliphatic carbocycles. The monoisotopic (exact) mass is 380 g/mol. The van der Waals surface area contributed by atoms with Crippen molar-refractivity contribution in [1.29, 1.82) is 0 Å². The summed E-state index contributed by atoms with van der Waals surface area (Å²) < 4.78 is 16.4. The van der Waals surface area contributed by atoms with Gasteiger partial charge in [0.1, 0.15) is 21.7 Å². The second-order valence-corrected chi connectivity index (χ2v) is 8.08. The van der Waals surface area contributed by atoms with Crippen LogP contribution in [-0.2, 0) is 0 Å². The zero-order valence-corrected chi connectivity index (χ0v) is 15.8. The van der Waals surface area contributed by atoms with Gasteiger partial charge < -0.3 is 4.90 Å². The van der Waals surface area contributed by atoms with E-state index >= 15 is 0 Å². The summed E-state index contributed by atoms with van der Waals surface area (Å²) in [7, 11) is 3.90. The molecule has 0 amide bonds. The first-order valence-electron chi connectivity index (χ1n) is 8.80. The molecule has 27 heavy (non-hydrogen) atoms. The third kappa shape index (κ3) is 2.53. The lowest BCUT2D eigenvalue weighted by Gasteiger charge is -2.13. The molecule has 0 spiro atoms. The largest absolute Gasteiger partial charge is 0.377 e. The van der Waals surface area contributed by atoms with Gasteiger partial charge in [-0.05, 0) is 42.5 Å². The van der Waals surface area contributed by atoms with Gasteiger partial charge in [0.25, 0.3) is 5.56 Å². The number of halogens is 1. The number of benzene rings is 1. The molecule has 1 aromatic carbocycles. The molecule has 1 aliphatic rings. The van der Waals surface area contributed by atoms with Crippen LogP contribution in [0.4, 0.5) is 10.1 Å². The summed E-state index contributed by atoms with van der Waals surface area (Å²) in [6, 6.07) is 6.92. The van der Waals surface area contributed by atoms with Gasteiger partial charge in [-0.25, -0.2) is 14.4 Å². The Hall–Kier alpha value is -2.80. The van der Waals surface area contributed by atoms with E-state index in [4.69, 9.17) is 0 Å². The van der Waals surface area contributed by atoms with Crippen molar-refractivity contribution >= 4 is 37.5 Å². The molecule has 0 radical (unpaired) electrons. The van der Waals surface area contributed by atoms with Crippen LogP contribution in [0, 0.1) is 5.82 Å². The zero-order chi connectivity index (χ0) is 18.7. The van der Waals surface area contributed by atoms with E-state index in [1.807, 2.05) is 25.1 Å². The molecule has 7 heteroatoms. The first-order valence-corrected chi connectivity index (χ1v) is 9.62. The van der Waals surface area contributed by atoms with Gasteiger partial charge in [0.15, 0.2) is 0 Å². The molecule has 3 aromatic heterocycles. The second-order valence-electron chi connectivity index (χ2n) is 7.08. The molecule has 1 fully saturated rings. The number of aromatic nitrogens is 3. The SMILES string of the molecule is CN(C)c1ccnc2sc3c(=O)n(-c4ccc(C5CC5)c(F)c4)cnc3c12. The van der Waals surface area contributed by atoms with Crippen molar-refractivity contribution in [3.8, 4) is 5.69 Å². The van der Waals surface area contributed by atoms with Crippen LogP contribution in [0.25, 0.3) is 26.1 Å². The summed E-state index contributed by atoms with van der Waals surface area (Å²) in [6.45, 7) is 0. The molecule has 0 bridgehead atoms. The van der Waals surface area contributed by atoms with Gasteiger partial charge in [-0.15, -0.1) is 11.3 Å². The van der Waals surface area contributed by atoms with Crippen molar-refractivity contribution in [2.24, 2.45) is 0 Å². The van der Waals surface area contributed by atoms with E-state index in [1.54, 1.807) is 18.3 Å². The molecule has 5 rings (SSSR count). The van der Waals surface area contributed by atoms with Crippen molar-refractivity contribution in [1.82, 2.24) is 14.5 Å². The normalized spacial score (nSPS) is 14.2. The Morgan fingerprint density at radius 2 is 2.04 bits per heavy atom. The Labute approximate surface area is 158 Å². The van der Waals surface area contributed by atoms with Crippen molar-refractivity contribution in [3.05, 3.63) is 58.5 Å². The number of nitrogens with zero attached hydrogens (tertiary/aromatic N) is 4. The highest BCUT2D eigenvalue weighted by molar-refractivity contribution is 7.25. The molecule has 4 aromatic rings. The van der Waals surface area contributed by atoms with Crippen molar-refractivity contribution < 1.29 is 4.39 Å². The van der Waals surface area contributed by atoms with Gasteiger partial charge >= 0.3 is 0 Å². The van der Waals surface area contributed by atoms with Crippen LogP contribution in [0.3, 0.4) is 0 Å². The lowest BCUT2D eigenvalue weighted by atomic mass is 10.1. The van der Waals surface area contributed by atoms with E-state index in [-0.39, 0.29) is 11.4 Å². The van der Waals surface area contributed by atoms with Crippen LogP contribution in [0.1, 0.15) is 24.3 Å². The van der Waals surface area contributed by atoms with Gasteiger partial charge in [0.2, 0.25) is 0 Å². The third-order valence-corrected chi connectivity index (χ3v) is 6.10. The quantitative estimate of drug-likeness (QED) is 0.537. The fraction of sp³-hybridized carbons (Fsp3) is 0.250. The summed E-state index contributed by atoms with van der Waals surface area (Å²) in [5, 5.41) is 0.877. The number of pyridine rings is 1. The number of hydrogen-bond donors (Lipinski definition) is 0. The maximum absolute atomic E-state index is 14.4. The Morgan fingerprint density at radius 1 is 1.22 bits per heavy atom. The number of thiophene rings is 1. The number of fused-ring (bicyclic) bond motifs is 3. The minimum atomic E-state index is -0.255. The van der Waals surface area contributed by atoms with Gasteiger partial charge in [-0.1, -0.05) is 6.07 Å². The van der Waals surface area contributed by atoms with Crippen LogP contribution in [0.5, 0.6) is 0 Å². The molecule has 136 valence electrons. The van der Waals surface area contributed by atoms with E-state index in [0.29, 0.717) is 21.8 Å². The van der Waals surface area contributed by atoms with Crippen LogP contribution >= 0.6 is 11.3 Å². The summed E-state index contributed by atoms with van der Waals surface area (Å²) in [5.74, 6) is 0.0735. The lowest BCUT2D eigenvalue weighted by molar-refractivity contribution is 0.609. The topological polar surface area (TPSA) is 51.0 Å². The minimum Gasteiger partial charge on any atom is -0.377 e. The predicted molar refractivity (Wildman–Crippen MR) is 107 cm³/mol. The summed E-state index contributed by atoms with van der Waals surface area (Å²) in [4.78, 5) is 24.8. The highest BCUT2D eigenvalue weighted by Gasteiger charge is 2.26. The predicted octanol–water partition coefficient (Wildman–Crippen LogP) is 4.08. The van der Waals surface area contributed by atoms with E-state index in [9.17, 15) is 9.18 Å². The Morgan fingerprint density at radius 3 is 2.74 bits per heavy atom.